The molecule has 1 atom stereocenters. The van der Waals surface area contributed by atoms with Gasteiger partial charge < -0.3 is 15.4 Å². The van der Waals surface area contributed by atoms with E-state index in [1.165, 1.54) is 6.92 Å². The zero-order valence-corrected chi connectivity index (χ0v) is 18.3. The van der Waals surface area contributed by atoms with Crippen molar-refractivity contribution in [3.05, 3.63) is 89.5 Å². The fraction of sp³-hybridized carbons (Fsp3) is 0.192. The van der Waals surface area contributed by atoms with Crippen LogP contribution >= 0.6 is 0 Å². The van der Waals surface area contributed by atoms with Crippen molar-refractivity contribution in [1.29, 1.82) is 0 Å². The first kappa shape index (κ1) is 22.7. The van der Waals surface area contributed by atoms with E-state index in [9.17, 15) is 14.4 Å². The molecule has 0 saturated heterocycles. The van der Waals surface area contributed by atoms with Crippen LogP contribution in [0.2, 0.25) is 0 Å². The van der Waals surface area contributed by atoms with Crippen LogP contribution in [0.15, 0.2) is 72.8 Å². The molecular formula is C26H26N2O4. The monoisotopic (exact) mass is 430 g/mol. The average Bonchev–Trinajstić information content (AvgIpc) is 2.80. The highest BCUT2D eigenvalue weighted by Gasteiger charge is 2.19. The summed E-state index contributed by atoms with van der Waals surface area (Å²) in [6.45, 7) is 4.94. The number of carbonyl (C=O) groups excluding carboxylic acids is 3. The van der Waals surface area contributed by atoms with Crippen LogP contribution in [0, 0.1) is 13.8 Å². The van der Waals surface area contributed by atoms with Gasteiger partial charge in [0.2, 0.25) is 0 Å². The first-order chi connectivity index (χ1) is 15.3. The summed E-state index contributed by atoms with van der Waals surface area (Å²) in [5.74, 6) is -1.52. The van der Waals surface area contributed by atoms with E-state index in [2.05, 4.69) is 10.6 Å². The number of hydrogen-bond acceptors (Lipinski definition) is 4. The predicted molar refractivity (Wildman–Crippen MR) is 124 cm³/mol. The Morgan fingerprint density at radius 1 is 0.812 bits per heavy atom. The molecule has 3 rings (SSSR count). The van der Waals surface area contributed by atoms with Gasteiger partial charge in [-0.15, -0.1) is 0 Å². The number of carbonyl (C=O) groups is 3. The topological polar surface area (TPSA) is 84.5 Å². The summed E-state index contributed by atoms with van der Waals surface area (Å²) in [7, 11) is 0. The minimum absolute atomic E-state index is 0.333. The van der Waals surface area contributed by atoms with Gasteiger partial charge in [-0.25, -0.2) is 0 Å². The fourth-order valence-corrected chi connectivity index (χ4v) is 3.23. The molecule has 0 radical (unpaired) electrons. The number of nitrogens with one attached hydrogen (secondary N) is 2. The van der Waals surface area contributed by atoms with Crippen LogP contribution in [0.1, 0.15) is 28.4 Å². The van der Waals surface area contributed by atoms with Crippen LogP contribution in [0.4, 0.5) is 5.69 Å². The summed E-state index contributed by atoms with van der Waals surface area (Å²) in [6.07, 6.45) is -0.997. The molecule has 2 N–H and O–H groups in total. The second kappa shape index (κ2) is 10.4. The molecule has 32 heavy (non-hydrogen) atoms. The van der Waals surface area contributed by atoms with Crippen LogP contribution in [0.25, 0.3) is 11.1 Å². The molecule has 0 bridgehead atoms. The van der Waals surface area contributed by atoms with Crippen LogP contribution in [-0.2, 0) is 14.3 Å². The lowest BCUT2D eigenvalue weighted by molar-refractivity contribution is -0.152. The maximum atomic E-state index is 12.4. The van der Waals surface area contributed by atoms with Crippen LogP contribution in [0.3, 0.4) is 0 Å². The Balaban J connectivity index is 1.49. The molecule has 0 heterocycles. The summed E-state index contributed by atoms with van der Waals surface area (Å²) in [5.41, 5.74) is 5.01. The lowest BCUT2D eigenvalue weighted by Crippen LogP contribution is -2.36. The first-order valence-corrected chi connectivity index (χ1v) is 10.4. The van der Waals surface area contributed by atoms with Gasteiger partial charge in [0.25, 0.3) is 11.8 Å². The number of para-hydroxylation sites is 1. The molecule has 6 nitrogen and oxygen atoms in total. The van der Waals surface area contributed by atoms with Crippen molar-refractivity contribution in [3.8, 4) is 11.1 Å². The normalized spacial score (nSPS) is 11.3. The molecule has 3 aromatic rings. The van der Waals surface area contributed by atoms with Gasteiger partial charge in [-0.05, 0) is 55.2 Å². The number of ether oxygens (including phenoxy) is 1. The first-order valence-electron chi connectivity index (χ1n) is 10.4. The molecule has 164 valence electrons. The molecule has 2 amide bonds. The Kier molecular flexibility index (Phi) is 7.39. The Labute approximate surface area is 187 Å². The standard InChI is InChI=1S/C26H26N2O4/c1-17-8-7-9-18(2)24(17)28-25(30)19(3)32-23(29)16-27-26(31)22-14-12-21(13-15-22)20-10-5-4-6-11-20/h4-15,19H,16H2,1-3H3,(H,27,31)(H,28,30). The van der Waals surface area contributed by atoms with Crippen molar-refractivity contribution in [3.63, 3.8) is 0 Å². The smallest absolute Gasteiger partial charge is 0.326 e. The largest absolute Gasteiger partial charge is 0.451 e. The van der Waals surface area contributed by atoms with Crippen molar-refractivity contribution < 1.29 is 19.1 Å². The van der Waals surface area contributed by atoms with Crippen LogP contribution in [0.5, 0.6) is 0 Å². The van der Waals surface area contributed by atoms with Crippen molar-refractivity contribution >= 4 is 23.5 Å². The molecule has 0 aliphatic heterocycles. The molecule has 0 saturated carbocycles. The van der Waals surface area contributed by atoms with E-state index in [0.717, 1.165) is 22.3 Å². The van der Waals surface area contributed by atoms with Gasteiger partial charge in [-0.1, -0.05) is 60.7 Å². The SMILES string of the molecule is Cc1cccc(C)c1NC(=O)C(C)OC(=O)CNC(=O)c1ccc(-c2ccccc2)cc1. The number of anilines is 1. The van der Waals surface area contributed by atoms with Gasteiger partial charge in [0.1, 0.15) is 6.54 Å². The predicted octanol–water partition coefficient (Wildman–Crippen LogP) is 4.27. The highest BCUT2D eigenvalue weighted by atomic mass is 16.5. The zero-order chi connectivity index (χ0) is 23.1. The lowest BCUT2D eigenvalue weighted by atomic mass is 10.0. The minimum atomic E-state index is -0.997. The molecule has 0 spiro atoms. The van der Waals surface area contributed by atoms with Gasteiger partial charge in [-0.2, -0.15) is 0 Å². The van der Waals surface area contributed by atoms with Gasteiger partial charge in [-0.3, -0.25) is 14.4 Å². The van der Waals surface area contributed by atoms with E-state index in [1.807, 2.05) is 74.5 Å². The van der Waals surface area contributed by atoms with Crippen molar-refractivity contribution in [2.24, 2.45) is 0 Å². The van der Waals surface area contributed by atoms with Crippen molar-refractivity contribution in [2.45, 2.75) is 26.9 Å². The summed E-state index contributed by atoms with van der Waals surface area (Å²) in [4.78, 5) is 36.8. The van der Waals surface area contributed by atoms with Crippen LogP contribution < -0.4 is 10.6 Å². The maximum absolute atomic E-state index is 12.4. The highest BCUT2D eigenvalue weighted by Crippen LogP contribution is 2.20. The van der Waals surface area contributed by atoms with E-state index >= 15 is 0 Å². The number of esters is 1. The number of hydrogen-bond donors (Lipinski definition) is 2. The molecule has 0 aliphatic rings. The van der Waals surface area contributed by atoms with E-state index in [-0.39, 0.29) is 6.54 Å². The minimum Gasteiger partial charge on any atom is -0.451 e. The summed E-state index contributed by atoms with van der Waals surface area (Å²) in [5, 5.41) is 5.31. The molecule has 1 unspecified atom stereocenters. The third-order valence-corrected chi connectivity index (χ3v) is 5.05. The summed E-state index contributed by atoms with van der Waals surface area (Å²) in [6, 6.07) is 22.6. The van der Waals surface area contributed by atoms with Gasteiger partial charge in [0, 0.05) is 11.3 Å². The third kappa shape index (κ3) is 5.82. The van der Waals surface area contributed by atoms with Gasteiger partial charge in [0.15, 0.2) is 6.10 Å². The Bertz CT molecular complexity index is 1090. The van der Waals surface area contributed by atoms with E-state index in [1.54, 1.807) is 12.1 Å². The lowest BCUT2D eigenvalue weighted by Gasteiger charge is -2.16. The Hall–Kier alpha value is -3.93. The molecule has 3 aromatic carbocycles. The molecule has 0 aromatic heterocycles. The zero-order valence-electron chi connectivity index (χ0n) is 18.3. The quantitative estimate of drug-likeness (QED) is 0.548. The number of aryl methyl sites for hydroxylation is 2. The maximum Gasteiger partial charge on any atom is 0.326 e. The molecule has 0 fully saturated rings. The molecule has 0 aliphatic carbocycles. The average molecular weight is 431 g/mol. The van der Waals surface area contributed by atoms with E-state index in [4.69, 9.17) is 4.74 Å². The third-order valence-electron chi connectivity index (χ3n) is 5.05. The van der Waals surface area contributed by atoms with Gasteiger partial charge in [0.05, 0.1) is 0 Å². The van der Waals surface area contributed by atoms with Crippen molar-refractivity contribution in [1.82, 2.24) is 5.32 Å². The number of amides is 2. The van der Waals surface area contributed by atoms with Gasteiger partial charge >= 0.3 is 5.97 Å². The number of benzene rings is 3. The van der Waals surface area contributed by atoms with E-state index < -0.39 is 23.9 Å². The summed E-state index contributed by atoms with van der Waals surface area (Å²) < 4.78 is 5.16. The Morgan fingerprint density at radius 2 is 1.41 bits per heavy atom. The Morgan fingerprint density at radius 3 is 2.03 bits per heavy atom. The van der Waals surface area contributed by atoms with Crippen LogP contribution in [-0.4, -0.2) is 30.4 Å². The molecular weight excluding hydrogens is 404 g/mol. The second-order valence-corrected chi connectivity index (χ2v) is 7.51. The number of rotatable bonds is 7. The van der Waals surface area contributed by atoms with Crippen molar-refractivity contribution in [2.75, 3.05) is 11.9 Å². The summed E-state index contributed by atoms with van der Waals surface area (Å²) >= 11 is 0. The van der Waals surface area contributed by atoms with E-state index in [0.29, 0.717) is 11.3 Å². The molecule has 6 heteroatoms. The fourth-order valence-electron chi connectivity index (χ4n) is 3.23. The second-order valence-electron chi connectivity index (χ2n) is 7.51. The highest BCUT2D eigenvalue weighted by molar-refractivity contribution is 5.98.